The van der Waals surface area contributed by atoms with Gasteiger partial charge in [0.05, 0.1) is 7.11 Å². The van der Waals surface area contributed by atoms with Crippen molar-refractivity contribution in [2.75, 3.05) is 27.7 Å². The predicted octanol–water partition coefficient (Wildman–Crippen LogP) is 4.58. The first-order valence-corrected chi connectivity index (χ1v) is 13.2. The molecule has 170 valence electrons. The van der Waals surface area contributed by atoms with E-state index in [-0.39, 0.29) is 17.7 Å². The van der Waals surface area contributed by atoms with E-state index < -0.39 is 7.44 Å². The van der Waals surface area contributed by atoms with Gasteiger partial charge in [0.2, 0.25) is 13.4 Å². The van der Waals surface area contributed by atoms with Crippen molar-refractivity contribution >= 4 is 13.4 Å². The maximum absolute atomic E-state index is 13.9. The molecule has 2 heterocycles. The Morgan fingerprint density at radius 2 is 1.74 bits per heavy atom. The van der Waals surface area contributed by atoms with E-state index in [0.717, 1.165) is 30.7 Å². The van der Waals surface area contributed by atoms with Gasteiger partial charge in [-0.3, -0.25) is 9.36 Å². The molecule has 0 N–H and O–H groups in total. The predicted molar refractivity (Wildman–Crippen MR) is 124 cm³/mol. The fourth-order valence-electron chi connectivity index (χ4n) is 5.49. The van der Waals surface area contributed by atoms with Crippen molar-refractivity contribution in [1.29, 1.82) is 0 Å². The Balaban J connectivity index is 1.39. The summed E-state index contributed by atoms with van der Waals surface area (Å²) >= 11 is 0. The molecule has 1 aromatic rings. The average Bonchev–Trinajstić information content (AvgIpc) is 3.24. The summed E-state index contributed by atoms with van der Waals surface area (Å²) in [6.45, 7) is 3.53. The zero-order valence-corrected chi connectivity index (χ0v) is 20.1. The third kappa shape index (κ3) is 4.35. The van der Waals surface area contributed by atoms with Gasteiger partial charge in [-0.1, -0.05) is 38.0 Å². The third-order valence-corrected chi connectivity index (χ3v) is 10.6. The van der Waals surface area contributed by atoms with E-state index in [1.54, 1.807) is 7.11 Å². The topological polar surface area (TPSA) is 53.1 Å². The van der Waals surface area contributed by atoms with Gasteiger partial charge in [-0.25, -0.2) is 9.34 Å². The van der Waals surface area contributed by atoms with Crippen LogP contribution in [-0.2, 0) is 15.9 Å². The zero-order chi connectivity index (χ0) is 22.2. The molecule has 1 aromatic carbocycles. The summed E-state index contributed by atoms with van der Waals surface area (Å²) in [5, 5.41) is 0. The molecule has 1 aliphatic carbocycles. The van der Waals surface area contributed by atoms with Crippen LogP contribution in [0.2, 0.25) is 0 Å². The maximum Gasteiger partial charge on any atom is 0.238 e. The number of benzene rings is 1. The number of carbonyl (C=O) groups excluding carboxylic acids is 1. The Bertz CT molecular complexity index is 849. The number of amides is 1. The van der Waals surface area contributed by atoms with Gasteiger partial charge in [0.15, 0.2) is 0 Å². The van der Waals surface area contributed by atoms with Crippen molar-refractivity contribution in [3.8, 4) is 5.75 Å². The minimum atomic E-state index is -2.67. The van der Waals surface area contributed by atoms with Gasteiger partial charge in [-0.15, -0.1) is 0 Å². The number of nitrogens with zero attached hydrogens (tertiary/aromatic N) is 3. The van der Waals surface area contributed by atoms with Crippen LogP contribution in [0, 0.1) is 11.8 Å². The van der Waals surface area contributed by atoms with Gasteiger partial charge < -0.3 is 9.64 Å². The van der Waals surface area contributed by atoms with Crippen LogP contribution < -0.4 is 4.74 Å². The summed E-state index contributed by atoms with van der Waals surface area (Å²) < 4.78 is 23.3. The van der Waals surface area contributed by atoms with E-state index in [1.807, 2.05) is 49.1 Å². The van der Waals surface area contributed by atoms with Crippen molar-refractivity contribution in [3.05, 3.63) is 41.7 Å². The second-order valence-electron chi connectivity index (χ2n) is 9.44. The Morgan fingerprint density at radius 3 is 2.32 bits per heavy atom. The van der Waals surface area contributed by atoms with Gasteiger partial charge in [0, 0.05) is 37.4 Å². The van der Waals surface area contributed by atoms with Gasteiger partial charge in [-0.05, 0) is 56.5 Å². The molecule has 3 fully saturated rings. The minimum absolute atomic E-state index is 0.203. The van der Waals surface area contributed by atoms with Crippen LogP contribution >= 0.6 is 7.44 Å². The molecule has 1 amide bonds. The Hall–Kier alpha value is -1.62. The van der Waals surface area contributed by atoms with Gasteiger partial charge >= 0.3 is 0 Å². The highest BCUT2D eigenvalue weighted by atomic mass is 31.2. The molecule has 2 aliphatic heterocycles. The Kier molecular flexibility index (Phi) is 6.62. The second kappa shape index (κ2) is 9.09. The maximum atomic E-state index is 13.9. The third-order valence-electron chi connectivity index (χ3n) is 7.66. The molecule has 0 bridgehead atoms. The largest absolute Gasteiger partial charge is 0.497 e. The number of allylic oxidation sites excluding steroid dienone is 1. The molecule has 7 heteroatoms. The zero-order valence-electron chi connectivity index (χ0n) is 19.2. The lowest BCUT2D eigenvalue weighted by Gasteiger charge is -2.28. The van der Waals surface area contributed by atoms with E-state index in [2.05, 4.69) is 22.3 Å². The van der Waals surface area contributed by atoms with Gasteiger partial charge in [0.1, 0.15) is 5.75 Å². The quantitative estimate of drug-likeness (QED) is 0.600. The van der Waals surface area contributed by atoms with E-state index >= 15 is 0 Å². The summed E-state index contributed by atoms with van der Waals surface area (Å²) in [5.41, 5.74) is 1.11. The molecular formula is C24H36N3O3P. The fraction of sp³-hybridized carbons (Fsp3) is 0.625. The number of ether oxygens (including phenoxy) is 1. The van der Waals surface area contributed by atoms with Crippen LogP contribution in [0.3, 0.4) is 0 Å². The number of hydrogen-bond donors (Lipinski definition) is 0. The molecule has 2 saturated heterocycles. The van der Waals surface area contributed by atoms with Crippen LogP contribution in [0.5, 0.6) is 5.75 Å². The molecule has 4 rings (SSSR count). The summed E-state index contributed by atoms with van der Waals surface area (Å²) in [6.07, 6.45) is 7.40. The lowest BCUT2D eigenvalue weighted by Crippen LogP contribution is -2.37. The van der Waals surface area contributed by atoms with E-state index in [1.165, 1.54) is 12.8 Å². The molecule has 0 unspecified atom stereocenters. The number of hydrogen-bond acceptors (Lipinski definition) is 3. The number of rotatable bonds is 6. The number of likely N-dealkylation sites (N-methyl/N-ethyl adjacent to an activating group) is 2. The first-order chi connectivity index (χ1) is 14.8. The molecule has 0 spiro atoms. The van der Waals surface area contributed by atoms with Crippen LogP contribution in [0.25, 0.3) is 0 Å². The van der Waals surface area contributed by atoms with E-state index in [0.29, 0.717) is 25.0 Å². The van der Waals surface area contributed by atoms with Gasteiger partial charge in [-0.2, -0.15) is 0 Å². The SMILES string of the molecule is COc1ccc(CN2C[C@@H]([C@@H](C)/C=C/P3(=O)N(C)[C@@H]4CCCC[C@H]4N3C)CC2=O)cc1. The lowest BCUT2D eigenvalue weighted by atomic mass is 9.91. The van der Waals surface area contributed by atoms with E-state index in [4.69, 9.17) is 4.74 Å². The highest BCUT2D eigenvalue weighted by Crippen LogP contribution is 2.63. The fourth-order valence-corrected chi connectivity index (χ4v) is 8.24. The standard InChI is InChI=1S/C24H36N3O3P/c1-18(13-14-31(29)25(2)22-7-5-6-8-23(22)26(31)3)20-15-24(28)27(17-20)16-19-9-11-21(30-4)12-10-19/h9-14,18,20,22-23H,5-8,15-17H2,1-4H3/b14-13+/t18-,20-,22+,23+/m0/s1. The molecule has 6 nitrogen and oxygen atoms in total. The number of methoxy groups -OCH3 is 1. The average molecular weight is 446 g/mol. The summed E-state index contributed by atoms with van der Waals surface area (Å²) in [6, 6.07) is 8.69. The first-order valence-electron chi connectivity index (χ1n) is 11.5. The van der Waals surface area contributed by atoms with Crippen LogP contribution in [0.1, 0.15) is 44.6 Å². The lowest BCUT2D eigenvalue weighted by molar-refractivity contribution is -0.128. The minimum Gasteiger partial charge on any atom is -0.497 e. The van der Waals surface area contributed by atoms with Crippen LogP contribution in [0.4, 0.5) is 0 Å². The monoisotopic (exact) mass is 445 g/mol. The molecule has 1 saturated carbocycles. The molecule has 4 atom stereocenters. The van der Waals surface area contributed by atoms with Gasteiger partial charge in [0.25, 0.3) is 0 Å². The number of fused-ring (bicyclic) bond motifs is 1. The smallest absolute Gasteiger partial charge is 0.238 e. The number of likely N-dealkylation sites (tertiary alicyclic amines) is 1. The van der Waals surface area contributed by atoms with Crippen LogP contribution in [-0.4, -0.2) is 60.0 Å². The van der Waals surface area contributed by atoms with Crippen LogP contribution in [0.15, 0.2) is 36.2 Å². The normalized spacial score (nSPS) is 30.1. The Morgan fingerprint density at radius 1 is 1.13 bits per heavy atom. The summed E-state index contributed by atoms with van der Waals surface area (Å²) in [7, 11) is 3.04. The Labute approximate surface area is 186 Å². The van der Waals surface area contributed by atoms with Crippen molar-refractivity contribution in [2.24, 2.45) is 11.8 Å². The molecule has 0 aromatic heterocycles. The highest BCUT2D eigenvalue weighted by molar-refractivity contribution is 7.62. The highest BCUT2D eigenvalue weighted by Gasteiger charge is 2.50. The van der Waals surface area contributed by atoms with Crippen molar-refractivity contribution in [1.82, 2.24) is 14.2 Å². The molecular weight excluding hydrogens is 409 g/mol. The summed E-state index contributed by atoms with van der Waals surface area (Å²) in [5.74, 6) is 3.46. The van der Waals surface area contributed by atoms with Crippen molar-refractivity contribution < 1.29 is 14.1 Å². The second-order valence-corrected chi connectivity index (χ2v) is 12.2. The molecule has 31 heavy (non-hydrogen) atoms. The first kappa shape index (κ1) is 22.6. The molecule has 0 radical (unpaired) electrons. The summed E-state index contributed by atoms with van der Waals surface area (Å²) in [4.78, 5) is 14.6. The van der Waals surface area contributed by atoms with E-state index in [9.17, 15) is 9.36 Å². The molecule has 3 aliphatic rings. The van der Waals surface area contributed by atoms with Crippen molar-refractivity contribution in [2.45, 2.75) is 57.7 Å². The van der Waals surface area contributed by atoms with Crippen molar-refractivity contribution in [3.63, 3.8) is 0 Å². The number of carbonyl (C=O) groups is 1.